The summed E-state index contributed by atoms with van der Waals surface area (Å²) in [6.07, 6.45) is 4.90. The highest BCUT2D eigenvalue weighted by atomic mass is 16.5. The van der Waals surface area contributed by atoms with Crippen molar-refractivity contribution in [1.29, 1.82) is 0 Å². The number of amides is 1. The molecule has 1 aliphatic rings. The van der Waals surface area contributed by atoms with E-state index in [0.717, 1.165) is 25.0 Å². The highest BCUT2D eigenvalue weighted by Gasteiger charge is 2.21. The van der Waals surface area contributed by atoms with E-state index in [1.807, 2.05) is 6.07 Å². The number of aromatic nitrogens is 2. The van der Waals surface area contributed by atoms with Gasteiger partial charge < -0.3 is 10.1 Å². The van der Waals surface area contributed by atoms with Gasteiger partial charge in [-0.25, -0.2) is 0 Å². The number of rotatable bonds is 4. The van der Waals surface area contributed by atoms with E-state index in [2.05, 4.69) is 27.6 Å². The molecule has 0 fully saturated rings. The van der Waals surface area contributed by atoms with Gasteiger partial charge >= 0.3 is 0 Å². The van der Waals surface area contributed by atoms with Gasteiger partial charge in [0, 0.05) is 18.7 Å². The summed E-state index contributed by atoms with van der Waals surface area (Å²) in [4.78, 5) is 12.0. The molecule has 0 saturated carbocycles. The first-order chi connectivity index (χ1) is 10.3. The van der Waals surface area contributed by atoms with E-state index in [1.54, 1.807) is 19.4 Å². The molecule has 1 atom stereocenters. The van der Waals surface area contributed by atoms with Crippen LogP contribution in [-0.2, 0) is 6.42 Å². The lowest BCUT2D eigenvalue weighted by Gasteiger charge is -2.26. The zero-order valence-electron chi connectivity index (χ0n) is 12.1. The number of hydrogen-bond donors (Lipinski definition) is 2. The summed E-state index contributed by atoms with van der Waals surface area (Å²) in [5, 5.41) is 9.46. The molecule has 2 aromatic rings. The van der Waals surface area contributed by atoms with E-state index in [9.17, 15) is 4.79 Å². The van der Waals surface area contributed by atoms with Gasteiger partial charge in [0.2, 0.25) is 0 Å². The third kappa shape index (κ3) is 2.91. The molecular weight excluding hydrogens is 266 g/mol. The van der Waals surface area contributed by atoms with Crippen LogP contribution in [0, 0.1) is 0 Å². The predicted molar refractivity (Wildman–Crippen MR) is 79.6 cm³/mol. The van der Waals surface area contributed by atoms with Crippen LogP contribution in [-0.4, -0.2) is 29.8 Å². The molecule has 1 aliphatic carbocycles. The lowest BCUT2D eigenvalue weighted by Crippen LogP contribution is -2.30. The van der Waals surface area contributed by atoms with Crippen LogP contribution < -0.4 is 10.1 Å². The number of aromatic amines is 1. The summed E-state index contributed by atoms with van der Waals surface area (Å²) in [5.74, 6) is 1.16. The molecule has 1 aromatic heterocycles. The van der Waals surface area contributed by atoms with Crippen LogP contribution in [0.3, 0.4) is 0 Å². The van der Waals surface area contributed by atoms with Gasteiger partial charge in [0.1, 0.15) is 11.4 Å². The van der Waals surface area contributed by atoms with Gasteiger partial charge in [0.25, 0.3) is 5.91 Å². The first-order valence-electron chi connectivity index (χ1n) is 7.22. The standard InChI is InChI=1S/C16H19N3O2/c1-21-13-5-6-14-11(9-13)3-2-4-12(14)10-17-16(20)15-7-8-18-19-15/h5-9,12H,2-4,10H2,1H3,(H,17,20)(H,18,19)/t12-/m1/s1. The Labute approximate surface area is 123 Å². The van der Waals surface area contributed by atoms with Crippen LogP contribution in [0.25, 0.3) is 0 Å². The lowest BCUT2D eigenvalue weighted by molar-refractivity contribution is 0.0945. The maximum absolute atomic E-state index is 12.0. The summed E-state index contributed by atoms with van der Waals surface area (Å²) in [6, 6.07) is 7.90. The Morgan fingerprint density at radius 1 is 1.48 bits per heavy atom. The Balaban J connectivity index is 1.69. The molecular formula is C16H19N3O2. The van der Waals surface area contributed by atoms with Crippen LogP contribution in [0.4, 0.5) is 0 Å². The Morgan fingerprint density at radius 2 is 2.38 bits per heavy atom. The number of H-pyrrole nitrogens is 1. The zero-order chi connectivity index (χ0) is 14.7. The van der Waals surface area contributed by atoms with Crippen molar-refractivity contribution in [3.63, 3.8) is 0 Å². The van der Waals surface area contributed by atoms with E-state index in [4.69, 9.17) is 4.74 Å². The van der Waals surface area contributed by atoms with Crippen LogP contribution >= 0.6 is 0 Å². The minimum atomic E-state index is -0.104. The summed E-state index contributed by atoms with van der Waals surface area (Å²) >= 11 is 0. The highest BCUT2D eigenvalue weighted by molar-refractivity contribution is 5.92. The van der Waals surface area contributed by atoms with E-state index < -0.39 is 0 Å². The number of aryl methyl sites for hydroxylation is 1. The van der Waals surface area contributed by atoms with Crippen molar-refractivity contribution >= 4 is 5.91 Å². The number of nitrogens with one attached hydrogen (secondary N) is 2. The maximum Gasteiger partial charge on any atom is 0.269 e. The van der Waals surface area contributed by atoms with Crippen molar-refractivity contribution in [1.82, 2.24) is 15.5 Å². The first kappa shape index (κ1) is 13.7. The minimum absolute atomic E-state index is 0.104. The summed E-state index contributed by atoms with van der Waals surface area (Å²) in [7, 11) is 1.69. The molecule has 1 amide bonds. The molecule has 0 spiro atoms. The topological polar surface area (TPSA) is 67.0 Å². The Bertz CT molecular complexity index is 622. The Hall–Kier alpha value is -2.30. The quantitative estimate of drug-likeness (QED) is 0.905. The molecule has 1 heterocycles. The number of carbonyl (C=O) groups excluding carboxylic acids is 1. The smallest absolute Gasteiger partial charge is 0.269 e. The molecule has 0 radical (unpaired) electrons. The normalized spacial score (nSPS) is 17.1. The van der Waals surface area contributed by atoms with Crippen molar-refractivity contribution < 1.29 is 9.53 Å². The number of methoxy groups -OCH3 is 1. The van der Waals surface area contributed by atoms with Crippen molar-refractivity contribution in [3.8, 4) is 5.75 Å². The summed E-state index contributed by atoms with van der Waals surface area (Å²) in [6.45, 7) is 0.650. The SMILES string of the molecule is COc1ccc2c(c1)CCC[C@@H]2CNC(=O)c1ccn[nH]1. The van der Waals surface area contributed by atoms with Crippen molar-refractivity contribution in [2.24, 2.45) is 0 Å². The van der Waals surface area contributed by atoms with Crippen LogP contribution in [0.15, 0.2) is 30.5 Å². The maximum atomic E-state index is 12.0. The lowest BCUT2D eigenvalue weighted by atomic mass is 9.82. The first-order valence-corrected chi connectivity index (χ1v) is 7.22. The molecule has 1 aromatic carbocycles. The highest BCUT2D eigenvalue weighted by Crippen LogP contribution is 2.33. The molecule has 0 bridgehead atoms. The Morgan fingerprint density at radius 3 is 3.14 bits per heavy atom. The van der Waals surface area contributed by atoms with Gasteiger partial charge in [0.15, 0.2) is 0 Å². The summed E-state index contributed by atoms with van der Waals surface area (Å²) < 4.78 is 5.28. The fourth-order valence-corrected chi connectivity index (χ4v) is 2.92. The average molecular weight is 285 g/mol. The van der Waals surface area contributed by atoms with Gasteiger partial charge in [0.05, 0.1) is 7.11 Å². The third-order valence-corrected chi connectivity index (χ3v) is 4.04. The number of hydrogen-bond acceptors (Lipinski definition) is 3. The number of carbonyl (C=O) groups is 1. The van der Waals surface area contributed by atoms with Gasteiger partial charge in [-0.05, 0) is 48.6 Å². The van der Waals surface area contributed by atoms with E-state index in [-0.39, 0.29) is 5.91 Å². The molecule has 21 heavy (non-hydrogen) atoms. The molecule has 0 aliphatic heterocycles. The molecule has 0 saturated heterocycles. The number of benzene rings is 1. The van der Waals surface area contributed by atoms with Gasteiger partial charge in [-0.1, -0.05) is 6.07 Å². The van der Waals surface area contributed by atoms with Crippen molar-refractivity contribution in [2.75, 3.05) is 13.7 Å². The molecule has 110 valence electrons. The molecule has 0 unspecified atom stereocenters. The van der Waals surface area contributed by atoms with Gasteiger partial charge in [-0.2, -0.15) is 5.10 Å². The number of ether oxygens (including phenoxy) is 1. The fourth-order valence-electron chi connectivity index (χ4n) is 2.92. The molecule has 5 heteroatoms. The zero-order valence-corrected chi connectivity index (χ0v) is 12.1. The summed E-state index contributed by atoms with van der Waals surface area (Å²) in [5.41, 5.74) is 3.16. The number of fused-ring (bicyclic) bond motifs is 1. The predicted octanol–water partition coefficient (Wildman–Crippen LogP) is 2.27. The average Bonchev–Trinajstić information content (AvgIpc) is 3.06. The van der Waals surface area contributed by atoms with Gasteiger partial charge in [-0.15, -0.1) is 0 Å². The van der Waals surface area contributed by atoms with Crippen molar-refractivity contribution in [3.05, 3.63) is 47.3 Å². The molecule has 2 N–H and O–H groups in total. The van der Waals surface area contributed by atoms with Gasteiger partial charge in [-0.3, -0.25) is 9.89 Å². The van der Waals surface area contributed by atoms with Crippen molar-refractivity contribution in [2.45, 2.75) is 25.2 Å². The Kier molecular flexibility index (Phi) is 3.90. The van der Waals surface area contributed by atoms with Crippen LogP contribution in [0.1, 0.15) is 40.4 Å². The van der Waals surface area contributed by atoms with E-state index >= 15 is 0 Å². The van der Waals surface area contributed by atoms with Crippen LogP contribution in [0.2, 0.25) is 0 Å². The third-order valence-electron chi connectivity index (χ3n) is 4.04. The monoisotopic (exact) mass is 285 g/mol. The second kappa shape index (κ2) is 5.99. The van der Waals surface area contributed by atoms with E-state index in [0.29, 0.717) is 18.2 Å². The fraction of sp³-hybridized carbons (Fsp3) is 0.375. The van der Waals surface area contributed by atoms with E-state index in [1.165, 1.54) is 11.1 Å². The number of nitrogens with zero attached hydrogens (tertiary/aromatic N) is 1. The molecule has 3 rings (SSSR count). The second-order valence-electron chi connectivity index (χ2n) is 5.33. The van der Waals surface area contributed by atoms with Crippen LogP contribution in [0.5, 0.6) is 5.75 Å². The largest absolute Gasteiger partial charge is 0.497 e. The molecule has 5 nitrogen and oxygen atoms in total. The minimum Gasteiger partial charge on any atom is -0.497 e. The second-order valence-corrected chi connectivity index (χ2v) is 5.33.